The number of hydrogen-bond donors (Lipinski definition) is 0. The van der Waals surface area contributed by atoms with Crippen molar-refractivity contribution >= 4 is 19.6 Å². The first kappa shape index (κ1) is 7.48. The summed E-state index contributed by atoms with van der Waals surface area (Å²) in [6.07, 6.45) is 0. The molecule has 0 amide bonds. The highest BCUT2D eigenvalue weighted by Gasteiger charge is 1.84. The predicted octanol–water partition coefficient (Wildman–Crippen LogP) is 1.35. The molecule has 0 radical (unpaired) electrons. The van der Waals surface area contributed by atoms with Crippen LogP contribution in [0.3, 0.4) is 0 Å². The van der Waals surface area contributed by atoms with E-state index in [9.17, 15) is 4.57 Å². The minimum atomic E-state index is -1.73. The SMILES string of the molecule is C[PH](=O)OCCCl. The van der Waals surface area contributed by atoms with Crippen LogP contribution in [0.4, 0.5) is 0 Å². The number of alkyl halides is 1. The van der Waals surface area contributed by atoms with E-state index >= 15 is 0 Å². The zero-order valence-electron chi connectivity index (χ0n) is 4.11. The highest BCUT2D eigenvalue weighted by atomic mass is 35.5. The maximum atomic E-state index is 10.1. The lowest BCUT2D eigenvalue weighted by molar-refractivity contribution is 0.356. The van der Waals surface area contributed by atoms with Gasteiger partial charge < -0.3 is 4.52 Å². The highest BCUT2D eigenvalue weighted by molar-refractivity contribution is 7.38. The largest absolute Gasteiger partial charge is 0.329 e. The third-order valence-corrected chi connectivity index (χ3v) is 1.15. The van der Waals surface area contributed by atoms with Crippen molar-refractivity contribution in [1.29, 1.82) is 0 Å². The molecule has 0 bridgehead atoms. The monoisotopic (exact) mass is 142 g/mol. The minimum absolute atomic E-state index is 0.399. The normalized spacial score (nSPS) is 14.0. The molecular weight excluding hydrogens is 134 g/mol. The van der Waals surface area contributed by atoms with E-state index in [4.69, 9.17) is 11.6 Å². The van der Waals surface area contributed by atoms with E-state index in [0.717, 1.165) is 0 Å². The summed E-state index contributed by atoms with van der Waals surface area (Å²) in [5.41, 5.74) is 0. The Morgan fingerprint density at radius 3 is 2.57 bits per heavy atom. The summed E-state index contributed by atoms with van der Waals surface area (Å²) >= 11 is 5.20. The predicted molar refractivity (Wildman–Crippen MR) is 31.6 cm³/mol. The number of halogens is 1. The minimum Gasteiger partial charge on any atom is -0.329 e. The summed E-state index contributed by atoms with van der Waals surface area (Å²) < 4.78 is 14.7. The van der Waals surface area contributed by atoms with Gasteiger partial charge in [0.25, 0.3) is 0 Å². The summed E-state index contributed by atoms with van der Waals surface area (Å²) in [5.74, 6) is 0.421. The molecule has 0 N–H and O–H groups in total. The Balaban J connectivity index is 2.82. The molecule has 0 heterocycles. The Labute approximate surface area is 48.7 Å². The van der Waals surface area contributed by atoms with E-state index in [-0.39, 0.29) is 0 Å². The smallest absolute Gasteiger partial charge is 0.188 e. The molecule has 0 aliphatic heterocycles. The molecule has 2 nitrogen and oxygen atoms in total. The summed E-state index contributed by atoms with van der Waals surface area (Å²) in [4.78, 5) is 0. The Kier molecular flexibility index (Phi) is 4.95. The molecule has 0 aliphatic carbocycles. The van der Waals surface area contributed by atoms with E-state index in [1.165, 1.54) is 6.66 Å². The van der Waals surface area contributed by atoms with Gasteiger partial charge in [-0.15, -0.1) is 11.6 Å². The second-order valence-corrected chi connectivity index (χ2v) is 2.68. The lowest BCUT2D eigenvalue weighted by atomic mass is 10.9. The quantitative estimate of drug-likeness (QED) is 0.439. The molecule has 0 aromatic carbocycles. The molecule has 44 valence electrons. The van der Waals surface area contributed by atoms with Crippen LogP contribution in [0, 0.1) is 0 Å². The molecule has 0 spiro atoms. The van der Waals surface area contributed by atoms with Gasteiger partial charge in [0, 0.05) is 12.5 Å². The van der Waals surface area contributed by atoms with E-state index in [1.54, 1.807) is 0 Å². The fourth-order valence-electron chi connectivity index (χ4n) is 0.182. The lowest BCUT2D eigenvalue weighted by Gasteiger charge is -1.91. The fourth-order valence-corrected chi connectivity index (χ4v) is 0.778. The topological polar surface area (TPSA) is 26.3 Å². The van der Waals surface area contributed by atoms with Crippen LogP contribution in [0.25, 0.3) is 0 Å². The first-order valence-electron chi connectivity index (χ1n) is 1.96. The van der Waals surface area contributed by atoms with Gasteiger partial charge in [0.05, 0.1) is 6.61 Å². The summed E-state index contributed by atoms with van der Waals surface area (Å²) in [6.45, 7) is 1.94. The van der Waals surface area contributed by atoms with Crippen molar-refractivity contribution < 1.29 is 9.09 Å². The van der Waals surface area contributed by atoms with Crippen molar-refractivity contribution in [2.24, 2.45) is 0 Å². The average molecular weight is 143 g/mol. The van der Waals surface area contributed by atoms with Gasteiger partial charge in [-0.3, -0.25) is 4.57 Å². The second-order valence-electron chi connectivity index (χ2n) is 1.03. The van der Waals surface area contributed by atoms with Gasteiger partial charge in [-0.25, -0.2) is 0 Å². The van der Waals surface area contributed by atoms with Gasteiger partial charge in [-0.1, -0.05) is 0 Å². The molecular formula is C3H8ClO2P. The van der Waals surface area contributed by atoms with Gasteiger partial charge in [0.2, 0.25) is 0 Å². The molecule has 1 unspecified atom stereocenters. The molecule has 0 aromatic heterocycles. The van der Waals surface area contributed by atoms with Gasteiger partial charge in [0.1, 0.15) is 0 Å². The zero-order chi connectivity index (χ0) is 5.70. The molecule has 7 heavy (non-hydrogen) atoms. The van der Waals surface area contributed by atoms with E-state index in [2.05, 4.69) is 4.52 Å². The molecule has 0 fully saturated rings. The highest BCUT2D eigenvalue weighted by Crippen LogP contribution is 2.13. The van der Waals surface area contributed by atoms with Crippen LogP contribution >= 0.6 is 19.6 Å². The van der Waals surface area contributed by atoms with E-state index in [0.29, 0.717) is 12.5 Å². The van der Waals surface area contributed by atoms with Crippen molar-refractivity contribution in [1.82, 2.24) is 0 Å². The fraction of sp³-hybridized carbons (Fsp3) is 1.00. The molecule has 0 saturated carbocycles. The summed E-state index contributed by atoms with van der Waals surface area (Å²) in [6, 6.07) is 0. The van der Waals surface area contributed by atoms with Crippen molar-refractivity contribution in [3.63, 3.8) is 0 Å². The van der Waals surface area contributed by atoms with Crippen LogP contribution in [-0.4, -0.2) is 19.2 Å². The molecule has 0 aromatic rings. The van der Waals surface area contributed by atoms with Gasteiger partial charge in [-0.2, -0.15) is 0 Å². The van der Waals surface area contributed by atoms with Crippen molar-refractivity contribution in [2.75, 3.05) is 19.2 Å². The maximum absolute atomic E-state index is 10.1. The van der Waals surface area contributed by atoms with Crippen molar-refractivity contribution in [2.45, 2.75) is 0 Å². The number of hydrogen-bond acceptors (Lipinski definition) is 2. The molecule has 0 aliphatic rings. The van der Waals surface area contributed by atoms with Crippen LogP contribution in [0.1, 0.15) is 0 Å². The summed E-state index contributed by atoms with van der Waals surface area (Å²) in [5, 5.41) is 0. The average Bonchev–Trinajstić information content (AvgIpc) is 1.61. The first-order valence-corrected chi connectivity index (χ1v) is 4.32. The molecule has 0 saturated heterocycles. The van der Waals surface area contributed by atoms with Crippen LogP contribution < -0.4 is 0 Å². The van der Waals surface area contributed by atoms with E-state index < -0.39 is 8.03 Å². The van der Waals surface area contributed by atoms with Crippen LogP contribution in [0.5, 0.6) is 0 Å². The maximum Gasteiger partial charge on any atom is 0.188 e. The number of rotatable bonds is 3. The molecule has 1 atom stereocenters. The van der Waals surface area contributed by atoms with Crippen molar-refractivity contribution in [3.05, 3.63) is 0 Å². The van der Waals surface area contributed by atoms with Crippen molar-refractivity contribution in [3.8, 4) is 0 Å². The van der Waals surface area contributed by atoms with Crippen LogP contribution in [0.15, 0.2) is 0 Å². The first-order chi connectivity index (χ1) is 3.27. The molecule has 0 rings (SSSR count). The van der Waals surface area contributed by atoms with Gasteiger partial charge in [-0.05, 0) is 0 Å². The van der Waals surface area contributed by atoms with Crippen LogP contribution in [-0.2, 0) is 9.09 Å². The standard InChI is InChI=1S/C3H8ClO2P/c1-7(5)6-3-2-4/h7H,2-3H2,1H3. The second kappa shape index (κ2) is 4.63. The zero-order valence-corrected chi connectivity index (χ0v) is 5.86. The summed E-state index contributed by atoms with van der Waals surface area (Å²) in [7, 11) is -1.73. The Hall–Kier alpha value is 0.480. The van der Waals surface area contributed by atoms with Gasteiger partial charge in [0.15, 0.2) is 8.03 Å². The van der Waals surface area contributed by atoms with Crippen LogP contribution in [0.2, 0.25) is 0 Å². The molecule has 4 heteroatoms. The third-order valence-electron chi connectivity index (χ3n) is 0.382. The lowest BCUT2D eigenvalue weighted by Crippen LogP contribution is -1.84. The Morgan fingerprint density at radius 1 is 1.86 bits per heavy atom. The Morgan fingerprint density at radius 2 is 2.43 bits per heavy atom. The van der Waals surface area contributed by atoms with Gasteiger partial charge >= 0.3 is 0 Å². The van der Waals surface area contributed by atoms with E-state index in [1.807, 2.05) is 0 Å². The Bertz CT molecular complexity index is 66.0. The third kappa shape index (κ3) is 6.48.